The molecule has 1 aromatic carbocycles. The van der Waals surface area contributed by atoms with Gasteiger partial charge in [-0.15, -0.1) is 0 Å². The highest BCUT2D eigenvalue weighted by atomic mass is 16.5. The molecule has 7 heteroatoms. The van der Waals surface area contributed by atoms with Gasteiger partial charge in [-0.1, -0.05) is 12.1 Å². The first-order valence-electron chi connectivity index (χ1n) is 9.38. The average molecular weight is 370 g/mol. The van der Waals surface area contributed by atoms with Gasteiger partial charge in [0.15, 0.2) is 11.5 Å². The van der Waals surface area contributed by atoms with Crippen LogP contribution in [-0.4, -0.2) is 61.9 Å². The van der Waals surface area contributed by atoms with Gasteiger partial charge in [-0.25, -0.2) is 9.97 Å². The number of hydrogen-bond acceptors (Lipinski definition) is 7. The van der Waals surface area contributed by atoms with Gasteiger partial charge in [0.1, 0.15) is 0 Å². The Hall–Kier alpha value is -2.38. The fourth-order valence-electron chi connectivity index (χ4n) is 3.73. The number of morpholine rings is 1. The van der Waals surface area contributed by atoms with Crippen molar-refractivity contribution in [3.8, 4) is 11.5 Å². The summed E-state index contributed by atoms with van der Waals surface area (Å²) in [5, 5.41) is 0. The minimum Gasteiger partial charge on any atom is -0.493 e. The summed E-state index contributed by atoms with van der Waals surface area (Å²) in [7, 11) is 3.36. The Morgan fingerprint density at radius 2 is 1.96 bits per heavy atom. The van der Waals surface area contributed by atoms with Gasteiger partial charge in [-0.2, -0.15) is 0 Å². The van der Waals surface area contributed by atoms with E-state index in [0.29, 0.717) is 0 Å². The summed E-state index contributed by atoms with van der Waals surface area (Å²) in [6, 6.07) is 6.02. The number of fused-ring (bicyclic) bond motifs is 1. The summed E-state index contributed by atoms with van der Waals surface area (Å²) in [5.41, 5.74) is 3.51. The van der Waals surface area contributed by atoms with Crippen LogP contribution in [0.1, 0.15) is 16.8 Å². The third-order valence-electron chi connectivity index (χ3n) is 5.17. The minimum absolute atomic E-state index is 0.747. The lowest BCUT2D eigenvalue weighted by Crippen LogP contribution is -2.38. The predicted octanol–water partition coefficient (Wildman–Crippen LogP) is 1.89. The van der Waals surface area contributed by atoms with Crippen LogP contribution in [0.2, 0.25) is 0 Å². The van der Waals surface area contributed by atoms with Gasteiger partial charge in [0.2, 0.25) is 5.95 Å². The number of ether oxygens (including phenoxy) is 3. The Labute approximate surface area is 159 Å². The zero-order valence-electron chi connectivity index (χ0n) is 16.0. The van der Waals surface area contributed by atoms with E-state index in [9.17, 15) is 0 Å². The Morgan fingerprint density at radius 1 is 1.11 bits per heavy atom. The second-order valence-corrected chi connectivity index (χ2v) is 6.85. The predicted molar refractivity (Wildman–Crippen MR) is 102 cm³/mol. The fourth-order valence-corrected chi connectivity index (χ4v) is 3.73. The van der Waals surface area contributed by atoms with Gasteiger partial charge in [0.25, 0.3) is 0 Å². The first kappa shape index (κ1) is 18.0. The zero-order valence-corrected chi connectivity index (χ0v) is 16.0. The molecule has 1 fully saturated rings. The number of benzene rings is 1. The highest BCUT2D eigenvalue weighted by Gasteiger charge is 2.22. The van der Waals surface area contributed by atoms with E-state index in [-0.39, 0.29) is 0 Å². The number of nitrogens with zero attached hydrogens (tertiary/aromatic N) is 4. The topological polar surface area (TPSA) is 60.0 Å². The molecule has 0 saturated carbocycles. The Morgan fingerprint density at radius 3 is 2.74 bits per heavy atom. The maximum absolute atomic E-state index is 5.57. The summed E-state index contributed by atoms with van der Waals surface area (Å²) in [6.07, 6.45) is 2.92. The first-order chi connectivity index (χ1) is 13.3. The molecule has 2 aliphatic rings. The molecule has 4 rings (SSSR count). The molecule has 0 amide bonds. The summed E-state index contributed by atoms with van der Waals surface area (Å²) in [4.78, 5) is 14.0. The van der Waals surface area contributed by atoms with E-state index in [1.54, 1.807) is 14.2 Å². The van der Waals surface area contributed by atoms with Crippen molar-refractivity contribution in [2.45, 2.75) is 19.5 Å². The van der Waals surface area contributed by atoms with E-state index in [1.807, 2.05) is 18.3 Å². The van der Waals surface area contributed by atoms with Crippen molar-refractivity contribution in [3.05, 3.63) is 41.2 Å². The standard InChI is InChI=1S/C20H26N4O3/c1-25-18-5-3-4-15(19(18)26-2)13-23-7-6-17-16(14-23)12-21-20(22-17)24-8-10-27-11-9-24/h3-5,12H,6-11,13-14H2,1-2H3. The molecule has 0 bridgehead atoms. The maximum Gasteiger partial charge on any atom is 0.225 e. The summed E-state index contributed by atoms with van der Waals surface area (Å²) < 4.78 is 16.4. The molecule has 1 aromatic heterocycles. The van der Waals surface area contributed by atoms with Gasteiger partial charge < -0.3 is 19.1 Å². The van der Waals surface area contributed by atoms with Gasteiger partial charge >= 0.3 is 0 Å². The van der Waals surface area contributed by atoms with E-state index in [4.69, 9.17) is 19.2 Å². The fraction of sp³-hybridized carbons (Fsp3) is 0.500. The molecular weight excluding hydrogens is 344 g/mol. The molecule has 0 aliphatic carbocycles. The van der Waals surface area contributed by atoms with Crippen LogP contribution in [0.4, 0.5) is 5.95 Å². The van der Waals surface area contributed by atoms with Crippen molar-refractivity contribution in [1.82, 2.24) is 14.9 Å². The van der Waals surface area contributed by atoms with Crippen molar-refractivity contribution < 1.29 is 14.2 Å². The molecule has 3 heterocycles. The van der Waals surface area contributed by atoms with Crippen molar-refractivity contribution in [2.24, 2.45) is 0 Å². The van der Waals surface area contributed by atoms with Gasteiger partial charge in [0, 0.05) is 56.5 Å². The largest absolute Gasteiger partial charge is 0.493 e. The van der Waals surface area contributed by atoms with Crippen molar-refractivity contribution >= 4 is 5.95 Å². The van der Waals surface area contributed by atoms with E-state index in [1.165, 1.54) is 11.3 Å². The lowest BCUT2D eigenvalue weighted by atomic mass is 10.1. The van der Waals surface area contributed by atoms with Crippen LogP contribution in [0.15, 0.2) is 24.4 Å². The number of hydrogen-bond donors (Lipinski definition) is 0. The number of para-hydroxylation sites is 1. The molecule has 0 unspecified atom stereocenters. The summed E-state index contributed by atoms with van der Waals surface area (Å²) in [5.74, 6) is 2.41. The number of aromatic nitrogens is 2. The van der Waals surface area contributed by atoms with Crippen LogP contribution in [0.25, 0.3) is 0 Å². The number of anilines is 1. The highest BCUT2D eigenvalue weighted by Crippen LogP contribution is 2.32. The van der Waals surface area contributed by atoms with Gasteiger partial charge in [0.05, 0.1) is 33.1 Å². The van der Waals surface area contributed by atoms with Crippen molar-refractivity contribution in [2.75, 3.05) is 52.0 Å². The molecule has 144 valence electrons. The quantitative estimate of drug-likeness (QED) is 0.796. The van der Waals surface area contributed by atoms with E-state index < -0.39 is 0 Å². The van der Waals surface area contributed by atoms with Crippen LogP contribution in [-0.2, 0) is 24.2 Å². The highest BCUT2D eigenvalue weighted by molar-refractivity contribution is 5.46. The van der Waals surface area contributed by atoms with Crippen molar-refractivity contribution in [1.29, 1.82) is 0 Å². The molecule has 7 nitrogen and oxygen atoms in total. The maximum atomic E-state index is 5.57. The molecule has 0 radical (unpaired) electrons. The monoisotopic (exact) mass is 370 g/mol. The van der Waals surface area contributed by atoms with Crippen LogP contribution in [0, 0.1) is 0 Å². The normalized spacial score (nSPS) is 17.5. The van der Waals surface area contributed by atoms with Crippen LogP contribution in [0.3, 0.4) is 0 Å². The molecule has 2 aromatic rings. The lowest BCUT2D eigenvalue weighted by Gasteiger charge is -2.31. The Bertz CT molecular complexity index is 793. The van der Waals surface area contributed by atoms with Crippen LogP contribution >= 0.6 is 0 Å². The summed E-state index contributed by atoms with van der Waals surface area (Å²) in [6.45, 7) is 5.84. The van der Waals surface area contributed by atoms with E-state index in [0.717, 1.165) is 75.4 Å². The van der Waals surface area contributed by atoms with E-state index >= 15 is 0 Å². The molecule has 0 atom stereocenters. The molecular formula is C20H26N4O3. The van der Waals surface area contributed by atoms with Crippen LogP contribution < -0.4 is 14.4 Å². The number of rotatable bonds is 5. The van der Waals surface area contributed by atoms with E-state index in [2.05, 4.69) is 20.9 Å². The molecule has 0 spiro atoms. The smallest absolute Gasteiger partial charge is 0.225 e. The Kier molecular flexibility index (Phi) is 5.40. The SMILES string of the molecule is COc1cccc(CN2CCc3nc(N4CCOCC4)ncc3C2)c1OC. The third-order valence-corrected chi connectivity index (χ3v) is 5.17. The van der Waals surface area contributed by atoms with Gasteiger partial charge in [-0.3, -0.25) is 4.90 Å². The second-order valence-electron chi connectivity index (χ2n) is 6.85. The molecule has 27 heavy (non-hydrogen) atoms. The lowest BCUT2D eigenvalue weighted by molar-refractivity contribution is 0.122. The number of methoxy groups -OCH3 is 2. The van der Waals surface area contributed by atoms with Crippen LogP contribution in [0.5, 0.6) is 11.5 Å². The average Bonchev–Trinajstić information content (AvgIpc) is 2.73. The molecule has 1 saturated heterocycles. The zero-order chi connectivity index (χ0) is 18.6. The minimum atomic E-state index is 0.747. The Balaban J connectivity index is 1.47. The van der Waals surface area contributed by atoms with Gasteiger partial charge in [-0.05, 0) is 6.07 Å². The second kappa shape index (κ2) is 8.10. The first-order valence-corrected chi connectivity index (χ1v) is 9.38. The third kappa shape index (κ3) is 3.84. The summed E-state index contributed by atoms with van der Waals surface area (Å²) >= 11 is 0. The van der Waals surface area contributed by atoms with Crippen molar-refractivity contribution in [3.63, 3.8) is 0 Å². The molecule has 0 N–H and O–H groups in total. The molecule has 2 aliphatic heterocycles.